The lowest BCUT2D eigenvalue weighted by Gasteiger charge is -2.35. The molecule has 1 fully saturated rings. The maximum atomic E-state index is 12.3. The molecule has 0 spiro atoms. The number of halogens is 1. The van der Waals surface area contributed by atoms with Gasteiger partial charge in [-0.2, -0.15) is 0 Å². The summed E-state index contributed by atoms with van der Waals surface area (Å²) < 4.78 is 4.94. The number of hydrogen-bond donors (Lipinski definition) is 1. The van der Waals surface area contributed by atoms with Crippen molar-refractivity contribution in [1.29, 1.82) is 0 Å². The van der Waals surface area contributed by atoms with E-state index in [9.17, 15) is 9.59 Å². The molecule has 0 aliphatic carbocycles. The fraction of sp³-hybridized carbons (Fsp3) is 0.579. The first-order chi connectivity index (χ1) is 12.2. The molecule has 1 N–H and O–H groups in total. The molecule has 0 atom stereocenters. The summed E-state index contributed by atoms with van der Waals surface area (Å²) in [4.78, 5) is 28.1. The van der Waals surface area contributed by atoms with E-state index < -0.39 is 0 Å². The monoisotopic (exact) mass is 383 g/mol. The number of carbonyl (C=O) groups excluding carboxylic acids is 2. The first-order valence-electron chi connectivity index (χ1n) is 9.00. The third-order valence-electron chi connectivity index (χ3n) is 4.44. The second kappa shape index (κ2) is 12.7. The van der Waals surface area contributed by atoms with Crippen LogP contribution in [0.3, 0.4) is 0 Å². The molecule has 6 nitrogen and oxygen atoms in total. The number of ether oxygens (including phenoxy) is 1. The predicted molar refractivity (Wildman–Crippen MR) is 105 cm³/mol. The zero-order valence-corrected chi connectivity index (χ0v) is 16.3. The van der Waals surface area contributed by atoms with E-state index in [4.69, 9.17) is 4.74 Å². The molecule has 7 heteroatoms. The van der Waals surface area contributed by atoms with Crippen LogP contribution in [0.4, 0.5) is 0 Å². The summed E-state index contributed by atoms with van der Waals surface area (Å²) in [6, 6.07) is 10.2. The Labute approximate surface area is 162 Å². The number of nitrogens with one attached hydrogen (secondary N) is 1. The van der Waals surface area contributed by atoms with Crippen LogP contribution in [-0.2, 0) is 20.7 Å². The Balaban J connectivity index is 0.00000338. The van der Waals surface area contributed by atoms with Crippen LogP contribution in [0.2, 0.25) is 0 Å². The van der Waals surface area contributed by atoms with E-state index in [0.717, 1.165) is 12.8 Å². The molecule has 1 aromatic rings. The Hall–Kier alpha value is -1.63. The molecule has 1 aliphatic rings. The standard InChI is InChI=1S/C19H29N3O3.ClH/c1-25-15-10-20-16-19(24)22-13-11-21(12-14-22)18(23)9-5-8-17-6-3-2-4-7-17;/h2-4,6-7,20H,5,8-16H2,1H3;1H. The first-order valence-corrected chi connectivity index (χ1v) is 9.00. The molecule has 146 valence electrons. The van der Waals surface area contributed by atoms with Crippen LogP contribution >= 0.6 is 12.4 Å². The van der Waals surface area contributed by atoms with Crippen LogP contribution < -0.4 is 5.32 Å². The van der Waals surface area contributed by atoms with Crippen molar-refractivity contribution in [2.45, 2.75) is 19.3 Å². The number of nitrogens with zero attached hydrogens (tertiary/aromatic N) is 2. The smallest absolute Gasteiger partial charge is 0.236 e. The van der Waals surface area contributed by atoms with Gasteiger partial charge in [-0.1, -0.05) is 30.3 Å². The third-order valence-corrected chi connectivity index (χ3v) is 4.44. The van der Waals surface area contributed by atoms with Gasteiger partial charge in [0, 0.05) is 46.3 Å². The van der Waals surface area contributed by atoms with E-state index in [-0.39, 0.29) is 24.2 Å². The first kappa shape index (κ1) is 22.4. The lowest BCUT2D eigenvalue weighted by Crippen LogP contribution is -2.52. The Morgan fingerprint density at radius 3 is 2.27 bits per heavy atom. The number of methoxy groups -OCH3 is 1. The molecule has 2 amide bonds. The van der Waals surface area contributed by atoms with Crippen molar-refractivity contribution in [3.8, 4) is 0 Å². The highest BCUT2D eigenvalue weighted by molar-refractivity contribution is 5.85. The molecule has 1 heterocycles. The lowest BCUT2D eigenvalue weighted by atomic mass is 10.1. The summed E-state index contributed by atoms with van der Waals surface area (Å²) in [7, 11) is 1.64. The zero-order chi connectivity index (χ0) is 17.9. The van der Waals surface area contributed by atoms with Gasteiger partial charge in [-0.25, -0.2) is 0 Å². The van der Waals surface area contributed by atoms with Gasteiger partial charge in [-0.05, 0) is 18.4 Å². The summed E-state index contributed by atoms with van der Waals surface area (Å²) in [6.45, 7) is 4.10. The predicted octanol–water partition coefficient (Wildman–Crippen LogP) is 1.34. The molecular weight excluding hydrogens is 354 g/mol. The number of carbonyl (C=O) groups is 2. The molecule has 0 bridgehead atoms. The number of aryl methyl sites for hydroxylation is 1. The molecule has 1 aromatic carbocycles. The summed E-state index contributed by atoms with van der Waals surface area (Å²) in [5.74, 6) is 0.286. The van der Waals surface area contributed by atoms with Crippen LogP contribution in [0.15, 0.2) is 30.3 Å². The molecule has 1 aliphatic heterocycles. The summed E-state index contributed by atoms with van der Waals surface area (Å²) in [5.41, 5.74) is 1.27. The molecule has 0 radical (unpaired) electrons. The van der Waals surface area contributed by atoms with E-state index in [2.05, 4.69) is 17.4 Å². The molecular formula is C19H30ClN3O3. The van der Waals surface area contributed by atoms with Crippen LogP contribution in [0.1, 0.15) is 18.4 Å². The fourth-order valence-electron chi connectivity index (χ4n) is 2.93. The second-order valence-electron chi connectivity index (χ2n) is 6.27. The Morgan fingerprint density at radius 1 is 1.04 bits per heavy atom. The number of rotatable bonds is 9. The molecule has 0 saturated carbocycles. The maximum Gasteiger partial charge on any atom is 0.236 e. The quantitative estimate of drug-likeness (QED) is 0.654. The van der Waals surface area contributed by atoms with Crippen molar-refractivity contribution >= 4 is 24.2 Å². The number of hydrogen-bond acceptors (Lipinski definition) is 4. The van der Waals surface area contributed by atoms with E-state index >= 15 is 0 Å². The van der Waals surface area contributed by atoms with Crippen molar-refractivity contribution in [2.75, 3.05) is 53.0 Å². The molecule has 2 rings (SSSR count). The van der Waals surface area contributed by atoms with Crippen LogP contribution in [0.25, 0.3) is 0 Å². The molecule has 26 heavy (non-hydrogen) atoms. The van der Waals surface area contributed by atoms with E-state index in [0.29, 0.717) is 52.3 Å². The minimum Gasteiger partial charge on any atom is -0.383 e. The maximum absolute atomic E-state index is 12.3. The van der Waals surface area contributed by atoms with Crippen LogP contribution in [0, 0.1) is 0 Å². The van der Waals surface area contributed by atoms with Crippen LogP contribution in [0.5, 0.6) is 0 Å². The van der Waals surface area contributed by atoms with Gasteiger partial charge >= 0.3 is 0 Å². The fourth-order valence-corrected chi connectivity index (χ4v) is 2.93. The minimum atomic E-state index is 0. The lowest BCUT2D eigenvalue weighted by molar-refractivity contribution is -0.139. The van der Waals surface area contributed by atoms with Gasteiger partial charge in [0.2, 0.25) is 11.8 Å². The van der Waals surface area contributed by atoms with E-state index in [1.807, 2.05) is 28.0 Å². The van der Waals surface area contributed by atoms with Gasteiger partial charge in [0.1, 0.15) is 0 Å². The average molecular weight is 384 g/mol. The van der Waals surface area contributed by atoms with Crippen LogP contribution in [-0.4, -0.2) is 74.6 Å². The summed E-state index contributed by atoms with van der Waals surface area (Å²) in [5, 5.41) is 3.06. The van der Waals surface area contributed by atoms with Gasteiger partial charge in [-0.3, -0.25) is 9.59 Å². The average Bonchev–Trinajstić information content (AvgIpc) is 2.66. The van der Waals surface area contributed by atoms with Crippen molar-refractivity contribution in [3.63, 3.8) is 0 Å². The van der Waals surface area contributed by atoms with Crippen molar-refractivity contribution < 1.29 is 14.3 Å². The highest BCUT2D eigenvalue weighted by Gasteiger charge is 2.23. The topological polar surface area (TPSA) is 61.9 Å². The number of piperazine rings is 1. The molecule has 1 saturated heterocycles. The Morgan fingerprint density at radius 2 is 1.65 bits per heavy atom. The summed E-state index contributed by atoms with van der Waals surface area (Å²) in [6.07, 6.45) is 2.37. The minimum absolute atomic E-state index is 0. The normalized spacial score (nSPS) is 14.0. The van der Waals surface area contributed by atoms with E-state index in [1.54, 1.807) is 7.11 Å². The Bertz CT molecular complexity index is 534. The van der Waals surface area contributed by atoms with Gasteiger partial charge in [0.05, 0.1) is 13.2 Å². The highest BCUT2D eigenvalue weighted by atomic mass is 35.5. The van der Waals surface area contributed by atoms with Crippen molar-refractivity contribution in [3.05, 3.63) is 35.9 Å². The van der Waals surface area contributed by atoms with Gasteiger partial charge in [0.25, 0.3) is 0 Å². The number of benzene rings is 1. The zero-order valence-electron chi connectivity index (χ0n) is 15.5. The van der Waals surface area contributed by atoms with Gasteiger partial charge < -0.3 is 19.9 Å². The summed E-state index contributed by atoms with van der Waals surface area (Å²) >= 11 is 0. The Kier molecular flexibility index (Phi) is 10.9. The molecule has 0 unspecified atom stereocenters. The highest BCUT2D eigenvalue weighted by Crippen LogP contribution is 2.09. The van der Waals surface area contributed by atoms with E-state index in [1.165, 1.54) is 5.56 Å². The molecule has 0 aromatic heterocycles. The number of amides is 2. The second-order valence-corrected chi connectivity index (χ2v) is 6.27. The largest absolute Gasteiger partial charge is 0.383 e. The SMILES string of the molecule is COCCNCC(=O)N1CCN(C(=O)CCCc2ccccc2)CC1.Cl. The third kappa shape index (κ3) is 7.72. The van der Waals surface area contributed by atoms with Crippen molar-refractivity contribution in [2.24, 2.45) is 0 Å². The van der Waals surface area contributed by atoms with Gasteiger partial charge in [-0.15, -0.1) is 12.4 Å². The van der Waals surface area contributed by atoms with Gasteiger partial charge in [0.15, 0.2) is 0 Å². The van der Waals surface area contributed by atoms with Crippen molar-refractivity contribution in [1.82, 2.24) is 15.1 Å².